The van der Waals surface area contributed by atoms with Gasteiger partial charge in [-0.3, -0.25) is 0 Å². The van der Waals surface area contributed by atoms with Gasteiger partial charge in [-0.15, -0.1) is 10.2 Å². The number of anilines is 2. The van der Waals surface area contributed by atoms with E-state index in [1.165, 1.54) is 16.8 Å². The van der Waals surface area contributed by atoms with Crippen LogP contribution >= 0.6 is 0 Å². The molecule has 1 aliphatic rings. The highest BCUT2D eigenvalue weighted by atomic mass is 15.3. The molecule has 28 heavy (non-hydrogen) atoms. The first kappa shape index (κ1) is 18.5. The molecule has 1 unspecified atom stereocenters. The molecule has 0 spiro atoms. The molecule has 0 radical (unpaired) electrons. The Balaban J connectivity index is 1.54. The van der Waals surface area contributed by atoms with E-state index in [-0.39, 0.29) is 0 Å². The van der Waals surface area contributed by atoms with Gasteiger partial charge in [-0.25, -0.2) is 0 Å². The summed E-state index contributed by atoms with van der Waals surface area (Å²) in [6.07, 6.45) is 0.950. The lowest BCUT2D eigenvalue weighted by Gasteiger charge is -2.41. The molecule has 0 bridgehead atoms. The zero-order chi connectivity index (χ0) is 19.5. The molecule has 0 N–H and O–H groups in total. The fourth-order valence-corrected chi connectivity index (χ4v) is 4.04. The van der Waals surface area contributed by atoms with Gasteiger partial charge in [0.2, 0.25) is 0 Å². The van der Waals surface area contributed by atoms with Crippen LogP contribution in [0.15, 0.2) is 60.7 Å². The molecule has 0 amide bonds. The molecule has 1 fully saturated rings. The summed E-state index contributed by atoms with van der Waals surface area (Å²) in [6, 6.07) is 21.8. The SMILES string of the molecule is CCc1cc(N2CCN(c3cccc(C)c3)C(C)C2)nnc1-c1ccccc1. The highest BCUT2D eigenvalue weighted by Gasteiger charge is 2.25. The van der Waals surface area contributed by atoms with Crippen molar-refractivity contribution in [3.8, 4) is 11.3 Å². The average molecular weight is 373 g/mol. The maximum atomic E-state index is 4.60. The minimum absolute atomic E-state index is 0.427. The van der Waals surface area contributed by atoms with Crippen molar-refractivity contribution in [3.05, 3.63) is 71.8 Å². The highest BCUT2D eigenvalue weighted by Crippen LogP contribution is 2.27. The molecule has 4 rings (SSSR count). The number of nitrogens with zero attached hydrogens (tertiary/aromatic N) is 4. The summed E-state index contributed by atoms with van der Waals surface area (Å²) >= 11 is 0. The molecular formula is C24H28N4. The summed E-state index contributed by atoms with van der Waals surface area (Å²) in [5.74, 6) is 0.993. The van der Waals surface area contributed by atoms with E-state index in [1.807, 2.05) is 6.07 Å². The maximum absolute atomic E-state index is 4.60. The molecule has 144 valence electrons. The first-order valence-corrected chi connectivity index (χ1v) is 10.2. The van der Waals surface area contributed by atoms with E-state index in [2.05, 4.69) is 95.4 Å². The Morgan fingerprint density at radius 2 is 1.79 bits per heavy atom. The van der Waals surface area contributed by atoms with E-state index in [9.17, 15) is 0 Å². The predicted molar refractivity (Wildman–Crippen MR) is 117 cm³/mol. The predicted octanol–water partition coefficient (Wildman–Crippen LogP) is 4.73. The van der Waals surface area contributed by atoms with Gasteiger partial charge < -0.3 is 9.80 Å². The van der Waals surface area contributed by atoms with Crippen LogP contribution in [0.5, 0.6) is 0 Å². The number of aromatic nitrogens is 2. The van der Waals surface area contributed by atoms with Crippen LogP contribution in [-0.4, -0.2) is 35.9 Å². The Hall–Kier alpha value is -2.88. The van der Waals surface area contributed by atoms with E-state index >= 15 is 0 Å². The average Bonchev–Trinajstić information content (AvgIpc) is 2.74. The minimum Gasteiger partial charge on any atom is -0.365 e. The summed E-state index contributed by atoms with van der Waals surface area (Å²) in [4.78, 5) is 4.87. The lowest BCUT2D eigenvalue weighted by molar-refractivity contribution is 0.545. The second-order valence-electron chi connectivity index (χ2n) is 7.62. The fraction of sp³-hybridized carbons (Fsp3) is 0.333. The molecule has 2 aromatic carbocycles. The van der Waals surface area contributed by atoms with Gasteiger partial charge in [-0.05, 0) is 49.6 Å². The molecule has 2 heterocycles. The monoisotopic (exact) mass is 372 g/mol. The van der Waals surface area contributed by atoms with E-state index in [4.69, 9.17) is 0 Å². The third-order valence-corrected chi connectivity index (χ3v) is 5.57. The second kappa shape index (κ2) is 8.01. The van der Waals surface area contributed by atoms with E-state index < -0.39 is 0 Å². The van der Waals surface area contributed by atoms with Crippen molar-refractivity contribution in [2.45, 2.75) is 33.2 Å². The minimum atomic E-state index is 0.427. The maximum Gasteiger partial charge on any atom is 0.151 e. The Morgan fingerprint density at radius 1 is 0.964 bits per heavy atom. The Kier molecular flexibility index (Phi) is 5.29. The first-order valence-electron chi connectivity index (χ1n) is 10.2. The van der Waals surface area contributed by atoms with Crippen LogP contribution in [-0.2, 0) is 6.42 Å². The molecular weight excluding hydrogens is 344 g/mol. The first-order chi connectivity index (χ1) is 13.7. The standard InChI is InChI=1S/C24H28N4/c1-4-20-16-23(25-26-24(20)21-10-6-5-7-11-21)27-13-14-28(19(3)17-27)22-12-8-9-18(2)15-22/h5-12,15-16,19H,4,13-14,17H2,1-3H3. The molecule has 1 aromatic heterocycles. The zero-order valence-corrected chi connectivity index (χ0v) is 17.0. The topological polar surface area (TPSA) is 32.3 Å². The van der Waals surface area contributed by atoms with Gasteiger partial charge in [0.25, 0.3) is 0 Å². The van der Waals surface area contributed by atoms with Gasteiger partial charge in [-0.1, -0.05) is 49.4 Å². The Morgan fingerprint density at radius 3 is 2.50 bits per heavy atom. The Labute approximate surface area is 167 Å². The van der Waals surface area contributed by atoms with E-state index in [0.29, 0.717) is 6.04 Å². The molecule has 4 heteroatoms. The smallest absolute Gasteiger partial charge is 0.151 e. The van der Waals surface area contributed by atoms with Crippen LogP contribution in [0.4, 0.5) is 11.5 Å². The summed E-state index contributed by atoms with van der Waals surface area (Å²) in [6.45, 7) is 9.54. The number of hydrogen-bond acceptors (Lipinski definition) is 4. The van der Waals surface area contributed by atoms with Crippen molar-refractivity contribution in [1.29, 1.82) is 0 Å². The van der Waals surface area contributed by atoms with Crippen LogP contribution in [0, 0.1) is 6.92 Å². The highest BCUT2D eigenvalue weighted by molar-refractivity contribution is 5.64. The van der Waals surface area contributed by atoms with Gasteiger partial charge in [0, 0.05) is 36.9 Å². The molecule has 0 saturated carbocycles. The van der Waals surface area contributed by atoms with Crippen molar-refractivity contribution in [2.75, 3.05) is 29.4 Å². The van der Waals surface area contributed by atoms with Crippen molar-refractivity contribution >= 4 is 11.5 Å². The van der Waals surface area contributed by atoms with Gasteiger partial charge in [-0.2, -0.15) is 0 Å². The van der Waals surface area contributed by atoms with Crippen molar-refractivity contribution in [1.82, 2.24) is 10.2 Å². The van der Waals surface area contributed by atoms with Gasteiger partial charge in [0.1, 0.15) is 0 Å². The van der Waals surface area contributed by atoms with Crippen LogP contribution < -0.4 is 9.80 Å². The quantitative estimate of drug-likeness (QED) is 0.663. The van der Waals surface area contributed by atoms with Crippen molar-refractivity contribution < 1.29 is 0 Å². The molecule has 1 atom stereocenters. The van der Waals surface area contributed by atoms with Crippen LogP contribution in [0.1, 0.15) is 25.0 Å². The number of rotatable bonds is 4. The number of hydrogen-bond donors (Lipinski definition) is 0. The molecule has 1 saturated heterocycles. The van der Waals surface area contributed by atoms with E-state index in [1.54, 1.807) is 0 Å². The lowest BCUT2D eigenvalue weighted by Crippen LogP contribution is -2.52. The van der Waals surface area contributed by atoms with Crippen LogP contribution in [0.2, 0.25) is 0 Å². The summed E-state index contributed by atoms with van der Waals surface area (Å²) in [5, 5.41) is 9.19. The van der Waals surface area contributed by atoms with Crippen LogP contribution in [0.3, 0.4) is 0 Å². The van der Waals surface area contributed by atoms with Crippen LogP contribution in [0.25, 0.3) is 11.3 Å². The normalized spacial score (nSPS) is 17.0. The van der Waals surface area contributed by atoms with Crippen molar-refractivity contribution in [3.63, 3.8) is 0 Å². The second-order valence-corrected chi connectivity index (χ2v) is 7.62. The van der Waals surface area contributed by atoms with Gasteiger partial charge in [0.05, 0.1) is 5.69 Å². The van der Waals surface area contributed by atoms with Gasteiger partial charge >= 0.3 is 0 Å². The molecule has 4 nitrogen and oxygen atoms in total. The lowest BCUT2D eigenvalue weighted by atomic mass is 10.0. The molecule has 1 aliphatic heterocycles. The summed E-state index contributed by atoms with van der Waals surface area (Å²) < 4.78 is 0. The number of benzene rings is 2. The summed E-state index contributed by atoms with van der Waals surface area (Å²) in [7, 11) is 0. The number of piperazine rings is 1. The molecule has 3 aromatic rings. The third kappa shape index (κ3) is 3.72. The Bertz CT molecular complexity index is 938. The van der Waals surface area contributed by atoms with E-state index in [0.717, 1.165) is 43.1 Å². The zero-order valence-electron chi connectivity index (χ0n) is 17.0. The summed E-state index contributed by atoms with van der Waals surface area (Å²) in [5.41, 5.74) is 6.01. The third-order valence-electron chi connectivity index (χ3n) is 5.57. The molecule has 0 aliphatic carbocycles. The van der Waals surface area contributed by atoms with Gasteiger partial charge in [0.15, 0.2) is 5.82 Å². The number of aryl methyl sites for hydroxylation is 2. The fourth-order valence-electron chi connectivity index (χ4n) is 4.04. The van der Waals surface area contributed by atoms with Crippen molar-refractivity contribution in [2.24, 2.45) is 0 Å². The largest absolute Gasteiger partial charge is 0.365 e.